The van der Waals surface area contributed by atoms with Gasteiger partial charge in [-0.25, -0.2) is 9.50 Å². The van der Waals surface area contributed by atoms with Crippen molar-refractivity contribution in [1.82, 2.24) is 19.5 Å². The van der Waals surface area contributed by atoms with Crippen LogP contribution in [0, 0.1) is 0 Å². The van der Waals surface area contributed by atoms with Gasteiger partial charge in [-0.05, 0) is 49.1 Å². The number of rotatable bonds is 9. The molecule has 1 aliphatic rings. The zero-order valence-corrected chi connectivity index (χ0v) is 22.2. The summed E-state index contributed by atoms with van der Waals surface area (Å²) in [4.78, 5) is 20.5. The van der Waals surface area contributed by atoms with Crippen LogP contribution in [0.4, 0.5) is 13.2 Å². The molecule has 210 valence electrons. The number of esters is 1. The molecule has 7 nitrogen and oxygen atoms in total. The van der Waals surface area contributed by atoms with Gasteiger partial charge in [-0.1, -0.05) is 42.5 Å². The first-order valence-corrected chi connectivity index (χ1v) is 13.3. The Hall–Kier alpha value is -3.76. The molecule has 1 saturated heterocycles. The van der Waals surface area contributed by atoms with E-state index in [1.165, 1.54) is 12.1 Å². The number of benzene rings is 2. The molecule has 4 aromatic rings. The predicted octanol–water partition coefficient (Wildman–Crippen LogP) is 5.18. The van der Waals surface area contributed by atoms with E-state index in [1.807, 2.05) is 37.3 Å². The summed E-state index contributed by atoms with van der Waals surface area (Å²) in [6, 6.07) is 16.3. The first-order chi connectivity index (χ1) is 19.3. The smallest absolute Gasteiger partial charge is 0.416 e. The van der Waals surface area contributed by atoms with Crippen LogP contribution in [-0.2, 0) is 32.3 Å². The molecule has 0 spiro atoms. The number of morpholine rings is 1. The highest BCUT2D eigenvalue weighted by Gasteiger charge is 2.40. The van der Waals surface area contributed by atoms with Crippen molar-refractivity contribution in [3.05, 3.63) is 89.9 Å². The second-order valence-corrected chi connectivity index (χ2v) is 10.1. The second-order valence-electron chi connectivity index (χ2n) is 10.1. The molecule has 0 aliphatic carbocycles. The molecule has 40 heavy (non-hydrogen) atoms. The molecule has 1 unspecified atom stereocenters. The summed E-state index contributed by atoms with van der Waals surface area (Å²) in [5, 5.41) is 4.52. The van der Waals surface area contributed by atoms with Crippen LogP contribution in [0.15, 0.2) is 73.1 Å². The maximum Gasteiger partial charge on any atom is 0.416 e. The van der Waals surface area contributed by atoms with Crippen LogP contribution in [0.3, 0.4) is 0 Å². The van der Waals surface area contributed by atoms with Crippen molar-refractivity contribution in [2.45, 2.75) is 31.4 Å². The molecule has 1 aliphatic heterocycles. The fraction of sp³-hybridized carbons (Fsp3) is 0.367. The summed E-state index contributed by atoms with van der Waals surface area (Å²) < 4.78 is 52.1. The van der Waals surface area contributed by atoms with Gasteiger partial charge in [0.25, 0.3) is 0 Å². The molecule has 10 heteroatoms. The number of fused-ring (bicyclic) bond motifs is 1. The lowest BCUT2D eigenvalue weighted by Crippen LogP contribution is -2.40. The average Bonchev–Trinajstić information content (AvgIpc) is 3.40. The van der Waals surface area contributed by atoms with Crippen LogP contribution < -0.4 is 0 Å². The van der Waals surface area contributed by atoms with E-state index in [0.29, 0.717) is 48.5 Å². The van der Waals surface area contributed by atoms with E-state index in [4.69, 9.17) is 9.47 Å². The molecule has 3 heterocycles. The number of aromatic nitrogens is 3. The van der Waals surface area contributed by atoms with Crippen LogP contribution >= 0.6 is 0 Å². The Kier molecular flexibility index (Phi) is 8.18. The molecule has 2 aromatic heterocycles. The van der Waals surface area contributed by atoms with Crippen molar-refractivity contribution in [3.63, 3.8) is 0 Å². The first kappa shape index (κ1) is 27.8. The molecule has 0 amide bonds. The number of hydrogen-bond acceptors (Lipinski definition) is 6. The monoisotopic (exact) mass is 552 g/mol. The third-order valence-corrected chi connectivity index (χ3v) is 7.30. The summed E-state index contributed by atoms with van der Waals surface area (Å²) in [5.74, 6) is -0.377. The SMILES string of the molecule is CC(Cc1ccccc1)(C(=O)OCCCN1CCOCC1)c1ccnc2c(-c3ccc(C(F)(F)F)cc3)cnn12. The number of carbonyl (C=O) groups is 1. The van der Waals surface area contributed by atoms with Gasteiger partial charge in [0.05, 0.1) is 37.3 Å². The highest BCUT2D eigenvalue weighted by Crippen LogP contribution is 2.34. The van der Waals surface area contributed by atoms with Gasteiger partial charge in [0.2, 0.25) is 0 Å². The van der Waals surface area contributed by atoms with Gasteiger partial charge in [-0.15, -0.1) is 0 Å². The van der Waals surface area contributed by atoms with E-state index in [1.54, 1.807) is 23.0 Å². The molecule has 0 saturated carbocycles. The van der Waals surface area contributed by atoms with Crippen molar-refractivity contribution in [2.24, 2.45) is 0 Å². The minimum Gasteiger partial charge on any atom is -0.465 e. The van der Waals surface area contributed by atoms with E-state index >= 15 is 0 Å². The zero-order chi connectivity index (χ0) is 28.2. The van der Waals surface area contributed by atoms with Gasteiger partial charge in [0.15, 0.2) is 5.65 Å². The largest absolute Gasteiger partial charge is 0.465 e. The highest BCUT2D eigenvalue weighted by atomic mass is 19.4. The summed E-state index contributed by atoms with van der Waals surface area (Å²) in [7, 11) is 0. The number of halogens is 3. The molecule has 0 radical (unpaired) electrons. The molecule has 1 atom stereocenters. The fourth-order valence-corrected chi connectivity index (χ4v) is 5.06. The Labute approximate surface area is 230 Å². The van der Waals surface area contributed by atoms with Crippen molar-refractivity contribution >= 4 is 11.6 Å². The first-order valence-electron chi connectivity index (χ1n) is 13.3. The Morgan fingerprint density at radius 2 is 1.75 bits per heavy atom. The summed E-state index contributed by atoms with van der Waals surface area (Å²) in [5.41, 5.74) is 1.25. The van der Waals surface area contributed by atoms with E-state index in [0.717, 1.165) is 37.3 Å². The lowest BCUT2D eigenvalue weighted by molar-refractivity contribution is -0.150. The second kappa shape index (κ2) is 11.8. The lowest BCUT2D eigenvalue weighted by Gasteiger charge is -2.29. The average molecular weight is 553 g/mol. The lowest BCUT2D eigenvalue weighted by atomic mass is 9.80. The quantitative estimate of drug-likeness (QED) is 0.211. The number of hydrogen-bond donors (Lipinski definition) is 0. The highest BCUT2D eigenvalue weighted by molar-refractivity contribution is 5.84. The minimum atomic E-state index is -4.42. The normalized spacial score (nSPS) is 16.1. The Morgan fingerprint density at radius 1 is 1.02 bits per heavy atom. The van der Waals surface area contributed by atoms with Crippen LogP contribution in [-0.4, -0.2) is 64.9 Å². The van der Waals surface area contributed by atoms with Crippen LogP contribution in [0.1, 0.15) is 30.2 Å². The molecular formula is C30H31F3N4O3. The summed E-state index contributed by atoms with van der Waals surface area (Å²) in [6.45, 7) is 6.10. The van der Waals surface area contributed by atoms with E-state index in [2.05, 4.69) is 15.0 Å². The van der Waals surface area contributed by atoms with Crippen LogP contribution in [0.2, 0.25) is 0 Å². The summed E-state index contributed by atoms with van der Waals surface area (Å²) >= 11 is 0. The molecular weight excluding hydrogens is 521 g/mol. The van der Waals surface area contributed by atoms with Crippen molar-refractivity contribution in [3.8, 4) is 11.1 Å². The van der Waals surface area contributed by atoms with Crippen molar-refractivity contribution < 1.29 is 27.4 Å². The standard InChI is InChI=1S/C30H31F3N4O3/c1-29(20-22-6-3-2-4-7-22,28(38)40-17-5-14-36-15-18-39-19-16-36)26-12-13-34-27-25(21-35-37(26)27)23-8-10-24(11-9-23)30(31,32)33/h2-4,6-13,21H,5,14-20H2,1H3. The third-order valence-electron chi connectivity index (χ3n) is 7.30. The molecule has 2 aromatic carbocycles. The van der Waals surface area contributed by atoms with Crippen LogP contribution in [0.25, 0.3) is 16.8 Å². The number of ether oxygens (including phenoxy) is 2. The maximum atomic E-state index is 13.7. The van der Waals surface area contributed by atoms with Gasteiger partial charge < -0.3 is 9.47 Å². The minimum absolute atomic E-state index is 0.282. The third kappa shape index (κ3) is 6.03. The van der Waals surface area contributed by atoms with E-state index < -0.39 is 17.2 Å². The van der Waals surface area contributed by atoms with Crippen LogP contribution in [0.5, 0.6) is 0 Å². The van der Waals surface area contributed by atoms with Gasteiger partial charge in [-0.2, -0.15) is 18.3 Å². The van der Waals surface area contributed by atoms with Gasteiger partial charge >= 0.3 is 12.1 Å². The number of alkyl halides is 3. The zero-order valence-electron chi connectivity index (χ0n) is 22.2. The van der Waals surface area contributed by atoms with Gasteiger partial charge in [0, 0.05) is 31.4 Å². The summed E-state index contributed by atoms with van der Waals surface area (Å²) in [6.07, 6.45) is -0.198. The van der Waals surface area contributed by atoms with Gasteiger partial charge in [-0.3, -0.25) is 9.69 Å². The molecule has 0 N–H and O–H groups in total. The maximum absolute atomic E-state index is 13.7. The Balaban J connectivity index is 1.43. The van der Waals surface area contributed by atoms with Crippen molar-refractivity contribution in [1.29, 1.82) is 0 Å². The van der Waals surface area contributed by atoms with Gasteiger partial charge in [0.1, 0.15) is 5.41 Å². The van der Waals surface area contributed by atoms with E-state index in [9.17, 15) is 18.0 Å². The van der Waals surface area contributed by atoms with E-state index in [-0.39, 0.29) is 12.6 Å². The molecule has 0 bridgehead atoms. The van der Waals surface area contributed by atoms with Crippen molar-refractivity contribution in [2.75, 3.05) is 39.5 Å². The molecule has 5 rings (SSSR count). The fourth-order valence-electron chi connectivity index (χ4n) is 5.06. The Bertz CT molecular complexity index is 1430. The predicted molar refractivity (Wildman–Crippen MR) is 144 cm³/mol. The Morgan fingerprint density at radius 3 is 2.45 bits per heavy atom. The topological polar surface area (TPSA) is 69.0 Å². The number of nitrogens with zero attached hydrogens (tertiary/aromatic N) is 4. The molecule has 1 fully saturated rings. The number of carbonyl (C=O) groups excluding carboxylic acids is 1.